The molecule has 0 fully saturated rings. The molecule has 29 heavy (non-hydrogen) atoms. The van der Waals surface area contributed by atoms with Crippen LogP contribution in [0.1, 0.15) is 61.9 Å². The molecule has 0 radical (unpaired) electrons. The average molecular weight is 396 g/mol. The van der Waals surface area contributed by atoms with Crippen LogP contribution in [0.4, 0.5) is 0 Å². The largest absolute Gasteiger partial charge is 0.507 e. The Hall–Kier alpha value is -3.08. The van der Waals surface area contributed by atoms with Gasteiger partial charge in [-0.05, 0) is 69.4 Å². The van der Waals surface area contributed by atoms with E-state index in [1.54, 1.807) is 24.3 Å². The van der Waals surface area contributed by atoms with Gasteiger partial charge in [0.1, 0.15) is 11.5 Å². The molecule has 0 aliphatic heterocycles. The van der Waals surface area contributed by atoms with Gasteiger partial charge in [-0.15, -0.1) is 0 Å². The standard InChI is InChI=1S/C24H28O5/c1-17(2)29-20-10-7-9-19(13-14-20)24(28)21-16-18(12-15-22(21)25)8-5-3-4-6-11-23(26)27/h5,7-8,10,12-17,25H,3-4,6,9,11H2,1-2H3,(H,26,27)/b8-5+. The lowest BCUT2D eigenvalue weighted by molar-refractivity contribution is -0.137. The molecule has 1 aliphatic rings. The van der Waals surface area contributed by atoms with Crippen molar-refractivity contribution in [3.63, 3.8) is 0 Å². The highest BCUT2D eigenvalue weighted by Crippen LogP contribution is 2.25. The molecule has 1 aliphatic carbocycles. The Labute approximate surface area is 171 Å². The Morgan fingerprint density at radius 1 is 1.21 bits per heavy atom. The van der Waals surface area contributed by atoms with Crippen molar-refractivity contribution in [3.05, 3.63) is 71.0 Å². The Morgan fingerprint density at radius 2 is 2.00 bits per heavy atom. The Bertz CT molecular complexity index is 856. The maximum absolute atomic E-state index is 12.9. The molecule has 0 spiro atoms. The van der Waals surface area contributed by atoms with Gasteiger partial charge >= 0.3 is 5.97 Å². The van der Waals surface area contributed by atoms with Gasteiger partial charge < -0.3 is 14.9 Å². The van der Waals surface area contributed by atoms with Gasteiger partial charge in [0.05, 0.1) is 11.7 Å². The van der Waals surface area contributed by atoms with Crippen molar-refractivity contribution in [1.29, 1.82) is 0 Å². The van der Waals surface area contributed by atoms with Crippen LogP contribution in [0.25, 0.3) is 6.08 Å². The minimum Gasteiger partial charge on any atom is -0.507 e. The first-order valence-corrected chi connectivity index (χ1v) is 9.87. The van der Waals surface area contributed by atoms with Crippen molar-refractivity contribution < 1.29 is 24.5 Å². The second-order valence-corrected chi connectivity index (χ2v) is 7.18. The summed E-state index contributed by atoms with van der Waals surface area (Å²) < 4.78 is 5.66. The van der Waals surface area contributed by atoms with Gasteiger partial charge in [0, 0.05) is 12.0 Å². The number of carboxylic acid groups (broad SMARTS) is 1. The summed E-state index contributed by atoms with van der Waals surface area (Å²) in [4.78, 5) is 23.4. The van der Waals surface area contributed by atoms with Crippen molar-refractivity contribution in [1.82, 2.24) is 0 Å². The van der Waals surface area contributed by atoms with E-state index >= 15 is 0 Å². The Kier molecular flexibility index (Phi) is 8.46. The number of benzene rings is 1. The number of aliphatic carboxylic acids is 1. The van der Waals surface area contributed by atoms with Crippen molar-refractivity contribution in [2.75, 3.05) is 0 Å². The third-order valence-electron chi connectivity index (χ3n) is 4.32. The topological polar surface area (TPSA) is 83.8 Å². The molecule has 1 aromatic carbocycles. The van der Waals surface area contributed by atoms with Gasteiger partial charge in [-0.25, -0.2) is 0 Å². The van der Waals surface area contributed by atoms with Gasteiger partial charge in [0.2, 0.25) is 0 Å². The Morgan fingerprint density at radius 3 is 2.72 bits per heavy atom. The zero-order chi connectivity index (χ0) is 21.2. The molecule has 2 rings (SSSR count). The third-order valence-corrected chi connectivity index (χ3v) is 4.32. The molecule has 0 saturated heterocycles. The monoisotopic (exact) mass is 396 g/mol. The number of ether oxygens (including phenoxy) is 1. The highest BCUT2D eigenvalue weighted by molar-refractivity contribution is 6.11. The zero-order valence-corrected chi connectivity index (χ0v) is 16.9. The number of phenolic OH excluding ortho intramolecular Hbond substituents is 1. The van der Waals surface area contributed by atoms with Crippen LogP contribution < -0.4 is 0 Å². The predicted molar refractivity (Wildman–Crippen MR) is 114 cm³/mol. The summed E-state index contributed by atoms with van der Waals surface area (Å²) in [6.45, 7) is 3.89. The van der Waals surface area contributed by atoms with E-state index in [1.807, 2.05) is 38.2 Å². The number of carbonyl (C=O) groups is 2. The van der Waals surface area contributed by atoms with E-state index in [0.717, 1.165) is 18.4 Å². The molecule has 0 unspecified atom stereocenters. The summed E-state index contributed by atoms with van der Waals surface area (Å²) in [6, 6.07) is 4.94. The highest BCUT2D eigenvalue weighted by Gasteiger charge is 2.16. The number of aromatic hydroxyl groups is 1. The van der Waals surface area contributed by atoms with Crippen LogP contribution in [0.2, 0.25) is 0 Å². The van der Waals surface area contributed by atoms with Gasteiger partial charge in [0.15, 0.2) is 5.78 Å². The van der Waals surface area contributed by atoms with Crippen LogP contribution in [-0.2, 0) is 9.53 Å². The summed E-state index contributed by atoms with van der Waals surface area (Å²) >= 11 is 0. The second kappa shape index (κ2) is 11.1. The maximum Gasteiger partial charge on any atom is 0.303 e. The zero-order valence-electron chi connectivity index (χ0n) is 16.9. The molecule has 5 nitrogen and oxygen atoms in total. The Balaban J connectivity index is 2.08. The van der Waals surface area contributed by atoms with E-state index in [-0.39, 0.29) is 29.6 Å². The molecular weight excluding hydrogens is 368 g/mol. The lowest BCUT2D eigenvalue weighted by Crippen LogP contribution is -2.03. The average Bonchev–Trinajstić information content (AvgIpc) is 2.90. The molecule has 0 aromatic heterocycles. The minimum absolute atomic E-state index is 0.0493. The SMILES string of the molecule is CC(C)OC1=CC=C(C(=O)c2cc(/C=C/CCCCC(=O)O)ccc2O)CC=C1. The van der Waals surface area contributed by atoms with Crippen LogP contribution >= 0.6 is 0 Å². The molecule has 0 saturated carbocycles. The lowest BCUT2D eigenvalue weighted by atomic mass is 9.98. The number of rotatable bonds is 10. The maximum atomic E-state index is 12.9. The number of allylic oxidation sites excluding steroid dienone is 6. The molecule has 5 heteroatoms. The van der Waals surface area contributed by atoms with Crippen LogP contribution in [0.3, 0.4) is 0 Å². The van der Waals surface area contributed by atoms with E-state index in [4.69, 9.17) is 9.84 Å². The van der Waals surface area contributed by atoms with Gasteiger partial charge in [-0.3, -0.25) is 9.59 Å². The molecule has 0 atom stereocenters. The first-order valence-electron chi connectivity index (χ1n) is 9.87. The van der Waals surface area contributed by atoms with E-state index in [9.17, 15) is 14.7 Å². The molecule has 1 aromatic rings. The number of phenols is 1. The molecule has 2 N–H and O–H groups in total. The number of hydrogen-bond donors (Lipinski definition) is 2. The van der Waals surface area contributed by atoms with Crippen molar-refractivity contribution in [3.8, 4) is 5.75 Å². The molecule has 0 heterocycles. The van der Waals surface area contributed by atoms with Crippen LogP contribution in [0.5, 0.6) is 5.75 Å². The van der Waals surface area contributed by atoms with E-state index in [0.29, 0.717) is 24.2 Å². The number of Topliss-reactive ketones (excluding diaryl/α,β-unsaturated/α-hetero) is 1. The van der Waals surface area contributed by atoms with Crippen molar-refractivity contribution in [2.45, 2.75) is 52.1 Å². The first-order chi connectivity index (χ1) is 13.9. The fraction of sp³-hybridized carbons (Fsp3) is 0.333. The number of ketones is 1. The van der Waals surface area contributed by atoms with Gasteiger partial charge in [-0.1, -0.05) is 30.4 Å². The van der Waals surface area contributed by atoms with Gasteiger partial charge in [0.25, 0.3) is 0 Å². The smallest absolute Gasteiger partial charge is 0.303 e. The number of unbranched alkanes of at least 4 members (excludes halogenated alkanes) is 2. The van der Waals surface area contributed by atoms with Crippen LogP contribution in [0.15, 0.2) is 59.9 Å². The first kappa shape index (κ1) is 22.2. The summed E-state index contributed by atoms with van der Waals surface area (Å²) in [5.41, 5.74) is 1.65. The molecular formula is C24H28O5. The summed E-state index contributed by atoms with van der Waals surface area (Å²) in [6.07, 6.45) is 13.9. The quantitative estimate of drug-likeness (QED) is 0.407. The predicted octanol–water partition coefficient (Wildman–Crippen LogP) is 5.43. The summed E-state index contributed by atoms with van der Waals surface area (Å²) in [5.74, 6) is -0.348. The number of hydrogen-bond acceptors (Lipinski definition) is 4. The van der Waals surface area contributed by atoms with E-state index in [2.05, 4.69) is 0 Å². The molecule has 0 amide bonds. The van der Waals surface area contributed by atoms with E-state index < -0.39 is 5.97 Å². The number of carboxylic acids is 1. The molecule has 154 valence electrons. The van der Waals surface area contributed by atoms with Crippen LogP contribution in [-0.4, -0.2) is 28.1 Å². The summed E-state index contributed by atoms with van der Waals surface area (Å²) in [5, 5.41) is 18.8. The van der Waals surface area contributed by atoms with E-state index in [1.165, 1.54) is 6.07 Å². The second-order valence-electron chi connectivity index (χ2n) is 7.18. The summed E-state index contributed by atoms with van der Waals surface area (Å²) in [7, 11) is 0. The lowest BCUT2D eigenvalue weighted by Gasteiger charge is -2.08. The fourth-order valence-corrected chi connectivity index (χ4v) is 2.90. The normalized spacial score (nSPS) is 13.9. The highest BCUT2D eigenvalue weighted by atomic mass is 16.5. The fourth-order valence-electron chi connectivity index (χ4n) is 2.90. The minimum atomic E-state index is -0.781. The van der Waals surface area contributed by atoms with Crippen LogP contribution in [0, 0.1) is 0 Å². The van der Waals surface area contributed by atoms with Crippen molar-refractivity contribution in [2.24, 2.45) is 0 Å². The van der Waals surface area contributed by atoms with Gasteiger partial charge in [-0.2, -0.15) is 0 Å². The third kappa shape index (κ3) is 7.45. The number of carbonyl (C=O) groups excluding carboxylic acids is 1. The van der Waals surface area contributed by atoms with Crippen molar-refractivity contribution >= 4 is 17.8 Å². The molecule has 0 bridgehead atoms.